The van der Waals surface area contributed by atoms with Crippen molar-refractivity contribution in [2.24, 2.45) is 0 Å². The summed E-state index contributed by atoms with van der Waals surface area (Å²) in [7, 11) is 0. The van der Waals surface area contributed by atoms with E-state index in [1.165, 1.54) is 0 Å². The van der Waals surface area contributed by atoms with Gasteiger partial charge in [0.25, 0.3) is 6.43 Å². The highest BCUT2D eigenvalue weighted by Crippen LogP contribution is 2.31. The Kier molecular flexibility index (Phi) is 9.31. The van der Waals surface area contributed by atoms with Crippen LogP contribution in [0.3, 0.4) is 0 Å². The molecule has 0 amide bonds. The van der Waals surface area contributed by atoms with Crippen molar-refractivity contribution in [3.8, 4) is 0 Å². The van der Waals surface area contributed by atoms with Gasteiger partial charge in [-0.3, -0.25) is 4.90 Å². The summed E-state index contributed by atoms with van der Waals surface area (Å²) in [6, 6.07) is 3.73. The van der Waals surface area contributed by atoms with Crippen molar-refractivity contribution in [3.05, 3.63) is 33.8 Å². The lowest BCUT2D eigenvalue weighted by Crippen LogP contribution is -2.46. The van der Waals surface area contributed by atoms with Crippen molar-refractivity contribution in [3.63, 3.8) is 0 Å². The minimum Gasteiger partial charge on any atom is -0.314 e. The lowest BCUT2D eigenvalue weighted by molar-refractivity contribution is 0.0182. The van der Waals surface area contributed by atoms with E-state index in [9.17, 15) is 8.78 Å². The maximum absolute atomic E-state index is 13.3. The Morgan fingerprint density at radius 1 is 1.00 bits per heavy atom. The number of rotatable bonds is 3. The number of benzene rings is 1. The highest BCUT2D eigenvalue weighted by atomic mass is 35.5. The number of nitrogens with one attached hydrogen (secondary N) is 1. The molecule has 0 aliphatic carbocycles. The second-order valence-corrected chi connectivity index (χ2v) is 5.14. The summed E-state index contributed by atoms with van der Waals surface area (Å²) in [4.78, 5) is 1.77. The fourth-order valence-corrected chi connectivity index (χ4v) is 2.76. The molecule has 1 heterocycles. The number of hydrogen-bond donors (Lipinski definition) is 1. The summed E-state index contributed by atoms with van der Waals surface area (Å²) in [6.07, 6.45) is -2.46. The molecule has 1 aliphatic rings. The highest BCUT2D eigenvalue weighted by molar-refractivity contribution is 6.34. The van der Waals surface area contributed by atoms with Gasteiger partial charge < -0.3 is 5.32 Å². The van der Waals surface area contributed by atoms with Gasteiger partial charge in [0, 0.05) is 36.2 Å². The van der Waals surface area contributed by atoms with Crippen LogP contribution in [0.1, 0.15) is 11.6 Å². The quantitative estimate of drug-likeness (QED) is 0.866. The van der Waals surface area contributed by atoms with Crippen LogP contribution in [0.25, 0.3) is 0 Å². The first-order valence-corrected chi connectivity index (χ1v) is 6.52. The van der Waals surface area contributed by atoms with Crippen molar-refractivity contribution in [2.45, 2.75) is 12.5 Å². The zero-order chi connectivity index (χ0) is 13.1. The van der Waals surface area contributed by atoms with Crippen LogP contribution < -0.4 is 5.32 Å². The SMILES string of the molecule is Cl.Cl.FC(F)[C@H](c1cc(Cl)cc(Cl)c1)N1CCNCC1. The topological polar surface area (TPSA) is 15.3 Å². The molecule has 1 aromatic rings. The van der Waals surface area contributed by atoms with Gasteiger partial charge >= 0.3 is 0 Å². The molecule has 0 saturated carbocycles. The summed E-state index contributed by atoms with van der Waals surface area (Å²) >= 11 is 11.8. The molecule has 2 nitrogen and oxygen atoms in total. The van der Waals surface area contributed by atoms with Crippen molar-refractivity contribution < 1.29 is 8.78 Å². The standard InChI is InChI=1S/C12H14Cl2F2N2.2ClH/c13-9-5-8(6-10(14)7-9)11(12(15)16)18-3-1-17-2-4-18;;/h5-7,11-12,17H,1-4H2;2*1H/t11-;;/m0../s1. The molecule has 20 heavy (non-hydrogen) atoms. The molecule has 1 fully saturated rings. The predicted octanol–water partition coefficient (Wildman–Crippen LogP) is 4.05. The first-order chi connectivity index (χ1) is 8.58. The van der Waals surface area contributed by atoms with Crippen molar-refractivity contribution in [1.82, 2.24) is 10.2 Å². The number of hydrogen-bond acceptors (Lipinski definition) is 2. The summed E-state index contributed by atoms with van der Waals surface area (Å²) < 4.78 is 26.6. The van der Waals surface area contributed by atoms with Crippen molar-refractivity contribution >= 4 is 48.0 Å². The van der Waals surface area contributed by atoms with E-state index in [0.717, 1.165) is 13.1 Å². The van der Waals surface area contributed by atoms with Crippen LogP contribution in [-0.4, -0.2) is 37.5 Å². The zero-order valence-corrected chi connectivity index (χ0v) is 13.6. The third kappa shape index (κ3) is 5.17. The van der Waals surface area contributed by atoms with Crippen LogP contribution in [0.4, 0.5) is 8.78 Å². The van der Waals surface area contributed by atoms with Gasteiger partial charge in [-0.2, -0.15) is 0 Å². The maximum atomic E-state index is 13.3. The Morgan fingerprint density at radius 2 is 1.50 bits per heavy atom. The molecular formula is C12H16Cl4F2N2. The average Bonchev–Trinajstić information content (AvgIpc) is 2.28. The second kappa shape index (κ2) is 9.23. The van der Waals surface area contributed by atoms with E-state index >= 15 is 0 Å². The van der Waals surface area contributed by atoms with Crippen molar-refractivity contribution in [2.75, 3.05) is 26.2 Å². The highest BCUT2D eigenvalue weighted by Gasteiger charge is 2.30. The zero-order valence-electron chi connectivity index (χ0n) is 10.5. The molecule has 0 bridgehead atoms. The first kappa shape index (κ1) is 20.2. The van der Waals surface area contributed by atoms with E-state index in [1.807, 2.05) is 0 Å². The molecule has 0 spiro atoms. The van der Waals surface area contributed by atoms with Gasteiger partial charge in [-0.15, -0.1) is 24.8 Å². The van der Waals surface area contributed by atoms with Crippen molar-refractivity contribution in [1.29, 1.82) is 0 Å². The van der Waals surface area contributed by atoms with Crippen LogP contribution in [0.5, 0.6) is 0 Å². The molecule has 1 saturated heterocycles. The van der Waals surface area contributed by atoms with Crippen LogP contribution in [0.15, 0.2) is 18.2 Å². The van der Waals surface area contributed by atoms with Gasteiger partial charge in [-0.1, -0.05) is 23.2 Å². The fraction of sp³-hybridized carbons (Fsp3) is 0.500. The summed E-state index contributed by atoms with van der Waals surface area (Å²) in [5.74, 6) is 0. The van der Waals surface area contributed by atoms with Gasteiger partial charge in [-0.25, -0.2) is 8.78 Å². The van der Waals surface area contributed by atoms with Gasteiger partial charge in [0.05, 0.1) is 6.04 Å². The molecule has 0 radical (unpaired) electrons. The third-order valence-electron chi connectivity index (χ3n) is 3.01. The predicted molar refractivity (Wildman–Crippen MR) is 84.1 cm³/mol. The van der Waals surface area contributed by atoms with E-state index in [1.54, 1.807) is 23.1 Å². The molecule has 1 N–H and O–H groups in total. The lowest BCUT2D eigenvalue weighted by Gasteiger charge is -2.34. The largest absolute Gasteiger partial charge is 0.314 e. The Bertz CT molecular complexity index is 394. The van der Waals surface area contributed by atoms with Gasteiger partial charge in [0.1, 0.15) is 0 Å². The molecule has 1 aromatic carbocycles. The molecule has 116 valence electrons. The summed E-state index contributed by atoms with van der Waals surface area (Å²) in [5.41, 5.74) is 0.476. The summed E-state index contributed by atoms with van der Waals surface area (Å²) in [6.45, 7) is 2.63. The smallest absolute Gasteiger partial charge is 0.258 e. The van der Waals surface area contributed by atoms with Crippen LogP contribution >= 0.6 is 48.0 Å². The van der Waals surface area contributed by atoms with Crippen LogP contribution in [0, 0.1) is 0 Å². The minimum atomic E-state index is -2.46. The van der Waals surface area contributed by atoms with Gasteiger partial charge in [0.15, 0.2) is 0 Å². The molecule has 8 heteroatoms. The average molecular weight is 368 g/mol. The lowest BCUT2D eigenvalue weighted by atomic mass is 10.0. The van der Waals surface area contributed by atoms with E-state index in [2.05, 4.69) is 5.32 Å². The Labute approximate surface area is 139 Å². The number of piperazine rings is 1. The van der Waals surface area contributed by atoms with E-state index < -0.39 is 12.5 Å². The van der Waals surface area contributed by atoms with Crippen LogP contribution in [-0.2, 0) is 0 Å². The van der Waals surface area contributed by atoms with E-state index in [0.29, 0.717) is 28.7 Å². The summed E-state index contributed by atoms with van der Waals surface area (Å²) in [5, 5.41) is 3.92. The Hall–Kier alpha value is 0.160. The Morgan fingerprint density at radius 3 is 1.95 bits per heavy atom. The monoisotopic (exact) mass is 366 g/mol. The Balaban J connectivity index is 0.00000180. The van der Waals surface area contributed by atoms with Crippen LogP contribution in [0.2, 0.25) is 10.0 Å². The molecule has 0 aromatic heterocycles. The van der Waals surface area contributed by atoms with Gasteiger partial charge in [-0.05, 0) is 23.8 Å². The molecule has 2 rings (SSSR count). The molecule has 1 atom stereocenters. The third-order valence-corrected chi connectivity index (χ3v) is 3.45. The number of halogens is 6. The molecular weight excluding hydrogens is 352 g/mol. The maximum Gasteiger partial charge on any atom is 0.258 e. The van der Waals surface area contributed by atoms with E-state index in [-0.39, 0.29) is 24.8 Å². The molecule has 0 unspecified atom stereocenters. The minimum absolute atomic E-state index is 0. The number of nitrogens with zero attached hydrogens (tertiary/aromatic N) is 1. The van der Waals surface area contributed by atoms with Gasteiger partial charge in [0.2, 0.25) is 0 Å². The fourth-order valence-electron chi connectivity index (χ4n) is 2.22. The second-order valence-electron chi connectivity index (χ2n) is 4.27. The molecule has 1 aliphatic heterocycles. The van der Waals surface area contributed by atoms with E-state index in [4.69, 9.17) is 23.2 Å². The first-order valence-electron chi connectivity index (χ1n) is 5.77. The number of alkyl halides is 2. The normalized spacial score (nSPS) is 17.2.